The number of nitrogens with one attached hydrogen (secondary N) is 1. The average molecular weight is 415 g/mol. The predicted octanol–water partition coefficient (Wildman–Crippen LogP) is 4.14. The van der Waals surface area contributed by atoms with E-state index in [1.54, 1.807) is 30.3 Å². The van der Waals surface area contributed by atoms with Crippen LogP contribution in [0.15, 0.2) is 53.8 Å². The van der Waals surface area contributed by atoms with Crippen LogP contribution in [0.5, 0.6) is 17.4 Å². The molecule has 148 valence electrons. The number of carbonyl (C=O) groups excluding carboxylic acids is 1. The number of nitrogens with zero attached hydrogens (tertiary/aromatic N) is 3. The minimum absolute atomic E-state index is 0.156. The van der Waals surface area contributed by atoms with Gasteiger partial charge in [-0.2, -0.15) is 14.5 Å². The number of hydrazone groups is 1. The lowest BCUT2D eigenvalue weighted by Gasteiger charge is -2.10. The van der Waals surface area contributed by atoms with Crippen LogP contribution >= 0.6 is 11.6 Å². The fourth-order valence-corrected chi connectivity index (χ4v) is 2.42. The van der Waals surface area contributed by atoms with E-state index in [0.717, 1.165) is 11.8 Å². The van der Waals surface area contributed by atoms with E-state index in [1.165, 1.54) is 13.3 Å². The molecule has 1 N–H and O–H groups in total. The number of hydrogen-bond acceptors (Lipinski definition) is 6. The van der Waals surface area contributed by atoms with Crippen molar-refractivity contribution in [1.82, 2.24) is 15.4 Å². The number of benzene rings is 2. The van der Waals surface area contributed by atoms with Gasteiger partial charge in [0.25, 0.3) is 11.8 Å². The molecule has 0 atom stereocenters. The van der Waals surface area contributed by atoms with Crippen molar-refractivity contribution in [2.24, 2.45) is 5.10 Å². The predicted molar refractivity (Wildman–Crippen MR) is 106 cm³/mol. The topological polar surface area (TPSA) is 85.7 Å². The molecule has 1 heterocycles. The molecule has 0 spiro atoms. The van der Waals surface area contributed by atoms with Crippen molar-refractivity contribution in [2.45, 2.75) is 6.92 Å². The number of halogens is 2. The van der Waals surface area contributed by atoms with Gasteiger partial charge in [0.2, 0.25) is 11.1 Å². The van der Waals surface area contributed by atoms with Crippen LogP contribution in [0, 0.1) is 12.7 Å². The third kappa shape index (κ3) is 5.26. The lowest BCUT2D eigenvalue weighted by Crippen LogP contribution is -2.17. The van der Waals surface area contributed by atoms with Crippen molar-refractivity contribution in [1.29, 1.82) is 0 Å². The Kier molecular flexibility index (Phi) is 6.36. The highest BCUT2D eigenvalue weighted by molar-refractivity contribution is 6.28. The maximum atomic E-state index is 13.8. The molecule has 7 nitrogen and oxygen atoms in total. The second-order valence-electron chi connectivity index (χ2n) is 5.87. The zero-order chi connectivity index (χ0) is 20.8. The number of carbonyl (C=O) groups is 1. The Morgan fingerprint density at radius 1 is 1.21 bits per heavy atom. The van der Waals surface area contributed by atoms with Crippen LogP contribution in [0.2, 0.25) is 5.28 Å². The fourth-order valence-electron chi connectivity index (χ4n) is 2.30. The third-order valence-electron chi connectivity index (χ3n) is 3.77. The summed E-state index contributed by atoms with van der Waals surface area (Å²) in [4.78, 5) is 19.3. The number of hydrogen-bond donors (Lipinski definition) is 1. The number of aromatic nitrogens is 2. The molecule has 1 aromatic heterocycles. The van der Waals surface area contributed by atoms with Crippen molar-refractivity contribution in [3.8, 4) is 17.4 Å². The summed E-state index contributed by atoms with van der Waals surface area (Å²) in [6.07, 6.45) is 2.32. The van der Waals surface area contributed by atoms with Crippen molar-refractivity contribution in [2.75, 3.05) is 7.11 Å². The number of ether oxygens (including phenoxy) is 2. The monoisotopic (exact) mass is 414 g/mol. The van der Waals surface area contributed by atoms with E-state index in [9.17, 15) is 9.18 Å². The Bertz CT molecular complexity index is 1060. The van der Waals surface area contributed by atoms with Gasteiger partial charge >= 0.3 is 0 Å². The minimum atomic E-state index is -0.777. The zero-order valence-electron chi connectivity index (χ0n) is 15.5. The first-order chi connectivity index (χ1) is 14.0. The number of aryl methyl sites for hydroxylation is 1. The van der Waals surface area contributed by atoms with Gasteiger partial charge in [0, 0.05) is 5.56 Å². The van der Waals surface area contributed by atoms with Gasteiger partial charge in [0.1, 0.15) is 0 Å². The maximum absolute atomic E-state index is 13.8. The van der Waals surface area contributed by atoms with E-state index in [2.05, 4.69) is 20.5 Å². The summed E-state index contributed by atoms with van der Waals surface area (Å²) in [5.74, 6) is -0.926. The van der Waals surface area contributed by atoms with Gasteiger partial charge in [-0.1, -0.05) is 17.7 Å². The molecule has 0 aliphatic heterocycles. The highest BCUT2D eigenvalue weighted by atomic mass is 35.5. The minimum Gasteiger partial charge on any atom is -0.493 e. The highest BCUT2D eigenvalue weighted by Gasteiger charge is 2.13. The Morgan fingerprint density at radius 3 is 2.69 bits per heavy atom. The van der Waals surface area contributed by atoms with Crippen LogP contribution < -0.4 is 14.9 Å². The molecular weight excluding hydrogens is 399 g/mol. The van der Waals surface area contributed by atoms with E-state index in [0.29, 0.717) is 16.9 Å². The third-order valence-corrected chi connectivity index (χ3v) is 3.95. The molecule has 0 aliphatic carbocycles. The molecule has 0 saturated heterocycles. The molecular formula is C20H16ClFN4O3. The summed E-state index contributed by atoms with van der Waals surface area (Å²) in [5.41, 5.74) is 4.56. The molecule has 1 amide bonds. The normalized spacial score (nSPS) is 10.8. The van der Waals surface area contributed by atoms with Crippen molar-refractivity contribution < 1.29 is 18.7 Å². The first-order valence-electron chi connectivity index (χ1n) is 8.40. The second kappa shape index (κ2) is 9.11. The Labute approximate surface area is 171 Å². The Balaban J connectivity index is 1.75. The van der Waals surface area contributed by atoms with Gasteiger partial charge in [-0.05, 0) is 54.4 Å². The summed E-state index contributed by atoms with van der Waals surface area (Å²) in [6.45, 7) is 1.93. The molecule has 0 bridgehead atoms. The quantitative estimate of drug-likeness (QED) is 0.372. The fraction of sp³-hybridized carbons (Fsp3) is 0.100. The lowest BCUT2D eigenvalue weighted by atomic mass is 10.1. The summed E-state index contributed by atoms with van der Waals surface area (Å²) in [6, 6.07) is 11.9. The first-order valence-corrected chi connectivity index (χ1v) is 8.78. The van der Waals surface area contributed by atoms with Crippen LogP contribution in [0.25, 0.3) is 0 Å². The highest BCUT2D eigenvalue weighted by Crippen LogP contribution is 2.32. The molecule has 29 heavy (non-hydrogen) atoms. The molecule has 0 fully saturated rings. The molecule has 0 aliphatic rings. The van der Waals surface area contributed by atoms with Crippen LogP contribution in [-0.2, 0) is 0 Å². The molecule has 9 heteroatoms. The molecule has 0 unspecified atom stereocenters. The van der Waals surface area contributed by atoms with Gasteiger partial charge in [-0.15, -0.1) is 0 Å². The smallest absolute Gasteiger partial charge is 0.271 e. The van der Waals surface area contributed by atoms with Crippen molar-refractivity contribution in [3.05, 3.63) is 76.5 Å². The van der Waals surface area contributed by atoms with Gasteiger partial charge in [-0.3, -0.25) is 4.79 Å². The second-order valence-corrected chi connectivity index (χ2v) is 6.21. The van der Waals surface area contributed by atoms with Crippen LogP contribution in [0.3, 0.4) is 0 Å². The summed E-state index contributed by atoms with van der Waals surface area (Å²) < 4.78 is 24.5. The average Bonchev–Trinajstić information content (AvgIpc) is 2.71. The Morgan fingerprint density at radius 2 is 1.97 bits per heavy atom. The van der Waals surface area contributed by atoms with Crippen LogP contribution in [0.4, 0.5) is 4.39 Å². The maximum Gasteiger partial charge on any atom is 0.271 e. The summed E-state index contributed by atoms with van der Waals surface area (Å²) in [7, 11) is 1.45. The first kappa shape index (κ1) is 20.2. The number of rotatable bonds is 6. The van der Waals surface area contributed by atoms with Gasteiger partial charge in [0.15, 0.2) is 11.5 Å². The zero-order valence-corrected chi connectivity index (χ0v) is 16.3. The standard InChI is InChI=1S/C20H16ClFN4O3/c1-12-3-6-14(7-4-12)18(27)26-24-10-13-5-8-16(28-2)17(9-13)29-19-15(22)11-23-20(21)25-19/h3-11H,1-2H3,(H,26,27)/b24-10-. The van der Waals surface area contributed by atoms with Crippen molar-refractivity contribution in [3.63, 3.8) is 0 Å². The van der Waals surface area contributed by atoms with E-state index >= 15 is 0 Å². The number of amides is 1. The van der Waals surface area contributed by atoms with Gasteiger partial charge in [0.05, 0.1) is 19.5 Å². The van der Waals surface area contributed by atoms with E-state index in [4.69, 9.17) is 21.1 Å². The van der Waals surface area contributed by atoms with Crippen LogP contribution in [-0.4, -0.2) is 29.2 Å². The number of methoxy groups -OCH3 is 1. The SMILES string of the molecule is COc1ccc(/C=N\NC(=O)c2ccc(C)cc2)cc1Oc1nc(Cl)ncc1F. The van der Waals surface area contributed by atoms with Gasteiger partial charge in [-0.25, -0.2) is 10.4 Å². The summed E-state index contributed by atoms with van der Waals surface area (Å²) in [5, 5.41) is 3.78. The Hall–Kier alpha value is -3.52. The van der Waals surface area contributed by atoms with E-state index in [1.807, 2.05) is 19.1 Å². The molecule has 0 radical (unpaired) electrons. The van der Waals surface area contributed by atoms with Gasteiger partial charge < -0.3 is 9.47 Å². The lowest BCUT2D eigenvalue weighted by molar-refractivity contribution is 0.0955. The van der Waals surface area contributed by atoms with Crippen LogP contribution in [0.1, 0.15) is 21.5 Å². The van der Waals surface area contributed by atoms with Crippen molar-refractivity contribution >= 4 is 23.7 Å². The summed E-state index contributed by atoms with van der Waals surface area (Å²) >= 11 is 5.68. The molecule has 3 rings (SSSR count). The molecule has 2 aromatic carbocycles. The largest absolute Gasteiger partial charge is 0.493 e. The van der Waals surface area contributed by atoms with E-state index < -0.39 is 5.82 Å². The molecule has 0 saturated carbocycles. The molecule has 3 aromatic rings. The van der Waals surface area contributed by atoms with E-state index in [-0.39, 0.29) is 22.8 Å².